The molecule has 3 aromatic rings. The summed E-state index contributed by atoms with van der Waals surface area (Å²) in [6.45, 7) is 2.30. The number of hydrogen-bond donors (Lipinski definition) is 0. The number of benzene rings is 2. The van der Waals surface area contributed by atoms with Crippen molar-refractivity contribution in [1.82, 2.24) is 4.98 Å². The van der Waals surface area contributed by atoms with Crippen molar-refractivity contribution >= 4 is 11.5 Å². The van der Waals surface area contributed by atoms with E-state index < -0.39 is 0 Å². The fraction of sp³-hybridized carbons (Fsp3) is 0.280. The number of piperidine rings is 1. The van der Waals surface area contributed by atoms with Crippen LogP contribution in [0.5, 0.6) is 0 Å². The molecule has 1 aliphatic rings. The molecule has 0 saturated carbocycles. The molecule has 142 valence electrons. The maximum Gasteiger partial charge on any atom is 0.143 e. The van der Waals surface area contributed by atoms with Gasteiger partial charge in [-0.2, -0.15) is 0 Å². The third kappa shape index (κ3) is 4.66. The topological polar surface area (TPSA) is 33.2 Å². The van der Waals surface area contributed by atoms with E-state index in [9.17, 15) is 4.79 Å². The molecule has 0 N–H and O–H groups in total. The highest BCUT2D eigenvalue weighted by atomic mass is 16.1. The molecule has 0 atom stereocenters. The molecule has 0 aliphatic carbocycles. The second-order valence-electron chi connectivity index (χ2n) is 7.49. The highest BCUT2D eigenvalue weighted by Gasteiger charge is 2.11. The normalized spacial score (nSPS) is 14.1. The molecule has 1 fully saturated rings. The molecule has 0 radical (unpaired) electrons. The van der Waals surface area contributed by atoms with E-state index in [0.29, 0.717) is 12.8 Å². The van der Waals surface area contributed by atoms with Crippen molar-refractivity contribution < 1.29 is 4.79 Å². The van der Waals surface area contributed by atoms with Gasteiger partial charge in [0.25, 0.3) is 0 Å². The lowest BCUT2D eigenvalue weighted by molar-refractivity contribution is -0.117. The van der Waals surface area contributed by atoms with Crippen LogP contribution in [0.4, 0.5) is 5.69 Å². The van der Waals surface area contributed by atoms with Crippen LogP contribution in [-0.4, -0.2) is 23.9 Å². The summed E-state index contributed by atoms with van der Waals surface area (Å²) in [6, 6.07) is 24.5. The van der Waals surface area contributed by atoms with Gasteiger partial charge in [0.15, 0.2) is 0 Å². The number of nitrogens with zero attached hydrogens (tertiary/aromatic N) is 2. The van der Waals surface area contributed by atoms with Gasteiger partial charge in [-0.15, -0.1) is 0 Å². The summed E-state index contributed by atoms with van der Waals surface area (Å²) < 4.78 is 0. The predicted octanol–water partition coefficient (Wildman–Crippen LogP) is 5.09. The molecule has 1 saturated heterocycles. The summed E-state index contributed by atoms with van der Waals surface area (Å²) in [5, 5.41) is 0. The molecular formula is C25H26N2O. The Morgan fingerprint density at radius 3 is 2.29 bits per heavy atom. The summed E-state index contributed by atoms with van der Waals surface area (Å²) in [5.41, 5.74) is 5.20. The molecule has 4 rings (SSSR count). The summed E-state index contributed by atoms with van der Waals surface area (Å²) in [5.74, 6) is 0.191. The lowest BCUT2D eigenvalue weighted by atomic mass is 10.0. The van der Waals surface area contributed by atoms with Crippen molar-refractivity contribution in [2.24, 2.45) is 0 Å². The number of rotatable bonds is 6. The number of hydrogen-bond acceptors (Lipinski definition) is 3. The number of carbonyl (C=O) groups excluding carboxylic acids is 1. The summed E-state index contributed by atoms with van der Waals surface area (Å²) in [6.07, 6.45) is 4.73. The number of carbonyl (C=O) groups is 1. The smallest absolute Gasteiger partial charge is 0.143 e. The molecular weight excluding hydrogens is 344 g/mol. The van der Waals surface area contributed by atoms with Gasteiger partial charge in [0.1, 0.15) is 5.78 Å². The standard InChI is InChI=1S/C25H26N2O/c28-24(18-20-8-3-1-4-9-20)19-22-10-7-11-25(26-22)21-12-14-23(15-13-21)27-16-5-2-6-17-27/h1,3-4,7-15H,2,5-6,16-19H2. The Morgan fingerprint density at radius 1 is 0.786 bits per heavy atom. The molecule has 0 spiro atoms. The van der Waals surface area contributed by atoms with E-state index in [4.69, 9.17) is 4.98 Å². The van der Waals surface area contributed by atoms with Crippen molar-refractivity contribution in [3.8, 4) is 11.3 Å². The predicted molar refractivity (Wildman–Crippen MR) is 115 cm³/mol. The first-order valence-electron chi connectivity index (χ1n) is 10.1. The molecule has 0 bridgehead atoms. The molecule has 1 aliphatic heterocycles. The zero-order valence-electron chi connectivity index (χ0n) is 16.2. The van der Waals surface area contributed by atoms with Gasteiger partial charge in [0.05, 0.1) is 5.69 Å². The highest BCUT2D eigenvalue weighted by molar-refractivity contribution is 5.82. The first-order valence-corrected chi connectivity index (χ1v) is 10.1. The SMILES string of the molecule is O=C(Cc1ccccc1)Cc1cccc(-c2ccc(N3CCCCC3)cc2)n1. The second-order valence-corrected chi connectivity index (χ2v) is 7.49. The molecule has 2 aromatic carbocycles. The van der Waals surface area contributed by atoms with Gasteiger partial charge in [-0.25, -0.2) is 0 Å². The van der Waals surface area contributed by atoms with Crippen LogP contribution in [0.15, 0.2) is 72.8 Å². The van der Waals surface area contributed by atoms with Crippen LogP contribution in [0, 0.1) is 0 Å². The Labute approximate surface area is 167 Å². The van der Waals surface area contributed by atoms with E-state index >= 15 is 0 Å². The van der Waals surface area contributed by atoms with Crippen LogP contribution < -0.4 is 4.90 Å². The Kier molecular flexibility index (Phi) is 5.81. The van der Waals surface area contributed by atoms with Crippen LogP contribution in [0.3, 0.4) is 0 Å². The number of pyridine rings is 1. The zero-order valence-corrected chi connectivity index (χ0v) is 16.2. The Hall–Kier alpha value is -2.94. The van der Waals surface area contributed by atoms with E-state index in [1.165, 1.54) is 24.9 Å². The van der Waals surface area contributed by atoms with E-state index in [1.54, 1.807) is 0 Å². The van der Waals surface area contributed by atoms with E-state index in [0.717, 1.165) is 35.6 Å². The summed E-state index contributed by atoms with van der Waals surface area (Å²) >= 11 is 0. The largest absolute Gasteiger partial charge is 0.372 e. The maximum atomic E-state index is 12.4. The molecule has 2 heterocycles. The minimum absolute atomic E-state index is 0.191. The van der Waals surface area contributed by atoms with Crippen LogP contribution >= 0.6 is 0 Å². The van der Waals surface area contributed by atoms with Crippen molar-refractivity contribution in [3.63, 3.8) is 0 Å². The molecule has 3 nitrogen and oxygen atoms in total. The first kappa shape index (κ1) is 18.4. The van der Waals surface area contributed by atoms with E-state index in [1.807, 2.05) is 48.5 Å². The van der Waals surface area contributed by atoms with Crippen molar-refractivity contribution in [3.05, 3.63) is 84.1 Å². The van der Waals surface area contributed by atoms with Crippen molar-refractivity contribution in [2.75, 3.05) is 18.0 Å². The minimum Gasteiger partial charge on any atom is -0.372 e. The zero-order chi connectivity index (χ0) is 19.2. The van der Waals surface area contributed by atoms with Gasteiger partial charge in [-0.1, -0.05) is 48.5 Å². The number of ketones is 1. The number of anilines is 1. The van der Waals surface area contributed by atoms with Gasteiger partial charge < -0.3 is 4.90 Å². The Bertz CT molecular complexity index is 913. The van der Waals surface area contributed by atoms with Crippen LogP contribution in [-0.2, 0) is 17.6 Å². The average Bonchev–Trinajstić information content (AvgIpc) is 2.75. The van der Waals surface area contributed by atoms with Gasteiger partial charge >= 0.3 is 0 Å². The van der Waals surface area contributed by atoms with Gasteiger partial charge in [0, 0.05) is 42.9 Å². The van der Waals surface area contributed by atoms with Crippen molar-refractivity contribution in [1.29, 1.82) is 0 Å². The monoisotopic (exact) mass is 370 g/mol. The fourth-order valence-electron chi connectivity index (χ4n) is 3.82. The Morgan fingerprint density at radius 2 is 1.54 bits per heavy atom. The van der Waals surface area contributed by atoms with E-state index in [2.05, 4.69) is 29.2 Å². The third-order valence-corrected chi connectivity index (χ3v) is 5.31. The first-order chi connectivity index (χ1) is 13.8. The van der Waals surface area contributed by atoms with E-state index in [-0.39, 0.29) is 5.78 Å². The highest BCUT2D eigenvalue weighted by Crippen LogP contribution is 2.24. The molecule has 3 heteroatoms. The quantitative estimate of drug-likeness (QED) is 0.606. The second kappa shape index (κ2) is 8.83. The maximum absolute atomic E-state index is 12.4. The minimum atomic E-state index is 0.191. The average molecular weight is 370 g/mol. The molecule has 28 heavy (non-hydrogen) atoms. The van der Waals surface area contributed by atoms with Crippen molar-refractivity contribution in [2.45, 2.75) is 32.1 Å². The fourth-order valence-corrected chi connectivity index (χ4v) is 3.82. The molecule has 0 amide bonds. The third-order valence-electron chi connectivity index (χ3n) is 5.31. The lowest BCUT2D eigenvalue weighted by Gasteiger charge is -2.28. The number of Topliss-reactive ketones (excluding diaryl/α,β-unsaturated/α-hetero) is 1. The molecule has 1 aromatic heterocycles. The lowest BCUT2D eigenvalue weighted by Crippen LogP contribution is -2.29. The molecule has 0 unspecified atom stereocenters. The summed E-state index contributed by atoms with van der Waals surface area (Å²) in [7, 11) is 0. The van der Waals surface area contributed by atoms with Gasteiger partial charge in [0.2, 0.25) is 0 Å². The van der Waals surface area contributed by atoms with Crippen LogP contribution in [0.1, 0.15) is 30.5 Å². The Balaban J connectivity index is 1.43. The van der Waals surface area contributed by atoms with Crippen LogP contribution in [0.25, 0.3) is 11.3 Å². The van der Waals surface area contributed by atoms with Gasteiger partial charge in [-0.3, -0.25) is 9.78 Å². The van der Waals surface area contributed by atoms with Crippen LogP contribution in [0.2, 0.25) is 0 Å². The number of aromatic nitrogens is 1. The van der Waals surface area contributed by atoms with Gasteiger partial charge in [-0.05, 0) is 49.1 Å². The summed E-state index contributed by atoms with van der Waals surface area (Å²) in [4.78, 5) is 19.6.